The first kappa shape index (κ1) is 16.2. The number of Topliss-reactive ketones (excluding diaryl/α,β-unsaturated/α-hetero) is 1. The number of aryl methyl sites for hydroxylation is 2. The van der Waals surface area contributed by atoms with Gasteiger partial charge in [0.25, 0.3) is 0 Å². The minimum atomic E-state index is -0.665. The van der Waals surface area contributed by atoms with Crippen LogP contribution in [0.25, 0.3) is 11.1 Å². The number of thiophene rings is 1. The zero-order valence-corrected chi connectivity index (χ0v) is 14.0. The molecule has 3 aromatic rings. The third kappa shape index (κ3) is 3.16. The second-order valence-corrected chi connectivity index (χ2v) is 6.79. The molecule has 124 valence electrons. The Bertz CT molecular complexity index is 978. The van der Waals surface area contributed by atoms with E-state index in [1.54, 1.807) is 30.3 Å². The Hall–Kier alpha value is -2.67. The third-order valence-electron chi connectivity index (χ3n) is 3.57. The van der Waals surface area contributed by atoms with Crippen molar-refractivity contribution in [1.82, 2.24) is 4.57 Å². The number of rotatable bonds is 5. The lowest BCUT2D eigenvalue weighted by Gasteiger charge is -2.04. The van der Waals surface area contributed by atoms with Gasteiger partial charge in [-0.2, -0.15) is 0 Å². The van der Waals surface area contributed by atoms with Crippen LogP contribution in [0.3, 0.4) is 0 Å². The molecule has 0 aliphatic carbocycles. The normalized spacial score (nSPS) is 10.9. The van der Waals surface area contributed by atoms with E-state index in [2.05, 4.69) is 0 Å². The first-order chi connectivity index (χ1) is 11.5. The Morgan fingerprint density at radius 2 is 2.00 bits per heavy atom. The summed E-state index contributed by atoms with van der Waals surface area (Å²) in [6.45, 7) is 3.12. The van der Waals surface area contributed by atoms with Crippen molar-refractivity contribution in [2.75, 3.05) is 6.61 Å². The van der Waals surface area contributed by atoms with E-state index in [4.69, 9.17) is 9.15 Å². The van der Waals surface area contributed by atoms with Crippen molar-refractivity contribution >= 4 is 34.2 Å². The summed E-state index contributed by atoms with van der Waals surface area (Å²) in [5.74, 6) is -1.56. The number of benzene rings is 1. The molecule has 2 aromatic heterocycles. The number of carbonyl (C=O) groups excluding carboxylic acids is 2. The fraction of sp³-hybridized carbons (Fsp3) is 0.235. The molecule has 6 nitrogen and oxygen atoms in total. The number of carbonyl (C=O) groups is 2. The van der Waals surface area contributed by atoms with Crippen molar-refractivity contribution in [1.29, 1.82) is 0 Å². The number of para-hydroxylation sites is 2. The molecule has 0 aliphatic heterocycles. The molecular weight excluding hydrogens is 330 g/mol. The van der Waals surface area contributed by atoms with Gasteiger partial charge in [-0.25, -0.2) is 4.79 Å². The fourth-order valence-electron chi connectivity index (χ4n) is 2.47. The second kappa shape index (κ2) is 6.45. The summed E-state index contributed by atoms with van der Waals surface area (Å²) in [7, 11) is 0. The standard InChI is InChI=1S/C17H15NO5S/c1-10-7-12(11(2)24-10)14(19)9-22-16(20)8-18-13-5-3-4-6-15(13)23-17(18)21/h3-7H,8-9H2,1-2H3. The average Bonchev–Trinajstić information content (AvgIpc) is 3.04. The maximum absolute atomic E-state index is 12.1. The van der Waals surface area contributed by atoms with Crippen molar-refractivity contribution in [3.63, 3.8) is 0 Å². The zero-order valence-electron chi connectivity index (χ0n) is 13.2. The molecule has 0 N–H and O–H groups in total. The second-order valence-electron chi connectivity index (χ2n) is 5.33. The Kier molecular flexibility index (Phi) is 4.35. The maximum atomic E-state index is 12.1. The van der Waals surface area contributed by atoms with Gasteiger partial charge >= 0.3 is 11.7 Å². The molecule has 0 saturated carbocycles. The topological polar surface area (TPSA) is 78.5 Å². The minimum Gasteiger partial charge on any atom is -0.456 e. The largest absolute Gasteiger partial charge is 0.456 e. The Balaban J connectivity index is 1.67. The quantitative estimate of drug-likeness (QED) is 0.525. The Labute approximate surface area is 141 Å². The molecule has 0 saturated heterocycles. The summed E-state index contributed by atoms with van der Waals surface area (Å²) < 4.78 is 11.2. The van der Waals surface area contributed by atoms with Gasteiger partial charge in [-0.15, -0.1) is 11.3 Å². The molecule has 0 spiro atoms. The highest BCUT2D eigenvalue weighted by Crippen LogP contribution is 2.21. The lowest BCUT2D eigenvalue weighted by molar-refractivity contribution is -0.143. The zero-order chi connectivity index (χ0) is 17.3. The maximum Gasteiger partial charge on any atom is 0.420 e. The number of esters is 1. The SMILES string of the molecule is Cc1cc(C(=O)COC(=O)Cn2c(=O)oc3ccccc32)c(C)s1. The van der Waals surface area contributed by atoms with Crippen LogP contribution >= 0.6 is 11.3 Å². The number of fused-ring (bicyclic) bond motifs is 1. The lowest BCUT2D eigenvalue weighted by Crippen LogP contribution is -2.23. The van der Waals surface area contributed by atoms with E-state index in [-0.39, 0.29) is 18.9 Å². The van der Waals surface area contributed by atoms with Crippen LogP contribution < -0.4 is 5.76 Å². The number of nitrogens with zero attached hydrogens (tertiary/aromatic N) is 1. The van der Waals surface area contributed by atoms with E-state index in [0.29, 0.717) is 16.7 Å². The summed E-state index contributed by atoms with van der Waals surface area (Å²) in [5.41, 5.74) is 1.47. The number of aromatic nitrogens is 1. The fourth-order valence-corrected chi connectivity index (χ4v) is 3.41. The van der Waals surface area contributed by atoms with Gasteiger partial charge < -0.3 is 9.15 Å². The van der Waals surface area contributed by atoms with Crippen LogP contribution in [0, 0.1) is 13.8 Å². The highest BCUT2D eigenvalue weighted by molar-refractivity contribution is 7.12. The van der Waals surface area contributed by atoms with E-state index in [9.17, 15) is 14.4 Å². The summed E-state index contributed by atoms with van der Waals surface area (Å²) >= 11 is 1.52. The van der Waals surface area contributed by atoms with Crippen molar-refractivity contribution in [3.05, 3.63) is 56.2 Å². The smallest absolute Gasteiger partial charge is 0.420 e. The van der Waals surface area contributed by atoms with Crippen molar-refractivity contribution in [2.24, 2.45) is 0 Å². The number of hydrogen-bond donors (Lipinski definition) is 0. The van der Waals surface area contributed by atoms with E-state index < -0.39 is 11.7 Å². The minimum absolute atomic E-state index is 0.255. The summed E-state index contributed by atoms with van der Waals surface area (Å²) in [6.07, 6.45) is 0. The van der Waals surface area contributed by atoms with E-state index >= 15 is 0 Å². The van der Waals surface area contributed by atoms with Gasteiger partial charge in [0, 0.05) is 15.3 Å². The van der Waals surface area contributed by atoms with Crippen LogP contribution in [-0.4, -0.2) is 22.9 Å². The molecule has 0 radical (unpaired) electrons. The summed E-state index contributed by atoms with van der Waals surface area (Å²) in [4.78, 5) is 37.8. The molecule has 7 heteroatoms. The van der Waals surface area contributed by atoms with Gasteiger partial charge in [-0.3, -0.25) is 14.2 Å². The third-order valence-corrected chi connectivity index (χ3v) is 4.53. The van der Waals surface area contributed by atoms with E-state index in [0.717, 1.165) is 9.75 Å². The molecule has 0 atom stereocenters. The van der Waals surface area contributed by atoms with Gasteiger partial charge in [-0.1, -0.05) is 12.1 Å². The number of hydrogen-bond acceptors (Lipinski definition) is 6. The molecular formula is C17H15NO5S. The first-order valence-corrected chi connectivity index (χ1v) is 8.11. The van der Waals surface area contributed by atoms with Crippen LogP contribution in [0.4, 0.5) is 0 Å². The molecule has 3 rings (SSSR count). The molecule has 0 bridgehead atoms. The van der Waals surface area contributed by atoms with Gasteiger partial charge in [0.15, 0.2) is 12.2 Å². The van der Waals surface area contributed by atoms with Gasteiger partial charge in [0.2, 0.25) is 5.78 Å². The molecule has 0 fully saturated rings. The highest BCUT2D eigenvalue weighted by atomic mass is 32.1. The Morgan fingerprint density at radius 1 is 1.25 bits per heavy atom. The molecule has 2 heterocycles. The van der Waals surface area contributed by atoms with Crippen LogP contribution in [0.2, 0.25) is 0 Å². The average molecular weight is 345 g/mol. The monoisotopic (exact) mass is 345 g/mol. The predicted molar refractivity (Wildman–Crippen MR) is 89.6 cm³/mol. The number of oxazole rings is 1. The molecule has 0 aliphatic rings. The predicted octanol–water partition coefficient (Wildman–Crippen LogP) is 2.70. The van der Waals surface area contributed by atoms with Gasteiger partial charge in [-0.05, 0) is 32.0 Å². The summed E-state index contributed by atoms with van der Waals surface area (Å²) in [6, 6.07) is 8.58. The van der Waals surface area contributed by atoms with Gasteiger partial charge in [0.05, 0.1) is 5.52 Å². The highest BCUT2D eigenvalue weighted by Gasteiger charge is 2.17. The van der Waals surface area contributed by atoms with Crippen LogP contribution in [-0.2, 0) is 16.1 Å². The summed E-state index contributed by atoms with van der Waals surface area (Å²) in [5, 5.41) is 0. The van der Waals surface area contributed by atoms with Crippen molar-refractivity contribution in [2.45, 2.75) is 20.4 Å². The van der Waals surface area contributed by atoms with Crippen LogP contribution in [0.15, 0.2) is 39.5 Å². The van der Waals surface area contributed by atoms with Gasteiger partial charge in [0.1, 0.15) is 6.54 Å². The number of ketones is 1. The lowest BCUT2D eigenvalue weighted by atomic mass is 10.2. The molecule has 0 unspecified atom stereocenters. The van der Waals surface area contributed by atoms with Crippen molar-refractivity contribution in [3.8, 4) is 0 Å². The van der Waals surface area contributed by atoms with E-state index in [1.165, 1.54) is 15.9 Å². The first-order valence-electron chi connectivity index (χ1n) is 7.30. The van der Waals surface area contributed by atoms with Crippen molar-refractivity contribution < 1.29 is 18.7 Å². The van der Waals surface area contributed by atoms with Crippen LogP contribution in [0.5, 0.6) is 0 Å². The molecule has 24 heavy (non-hydrogen) atoms. The number of ether oxygens (including phenoxy) is 1. The Morgan fingerprint density at radius 3 is 2.71 bits per heavy atom. The van der Waals surface area contributed by atoms with E-state index in [1.807, 2.05) is 13.8 Å². The molecule has 1 aromatic carbocycles. The molecule has 0 amide bonds. The van der Waals surface area contributed by atoms with Crippen LogP contribution in [0.1, 0.15) is 20.1 Å².